The SMILES string of the molecule is O=C1[C@H]2[C@H](ON(c3ccccc3)[C@@H]2c2ccc(Cl)c([N+](=O)[O-])c2)C(=O)N1Cc1ccccc1. The van der Waals surface area contributed by atoms with Gasteiger partial charge in [0.2, 0.25) is 5.91 Å². The highest BCUT2D eigenvalue weighted by molar-refractivity contribution is 6.32. The third-order valence-electron chi connectivity index (χ3n) is 5.91. The number of amides is 2. The van der Waals surface area contributed by atoms with E-state index < -0.39 is 28.9 Å². The van der Waals surface area contributed by atoms with E-state index >= 15 is 0 Å². The minimum atomic E-state index is -1.03. The Bertz CT molecular complexity index is 1240. The molecule has 0 radical (unpaired) electrons. The van der Waals surface area contributed by atoms with E-state index in [0.29, 0.717) is 11.3 Å². The number of imide groups is 1. The Morgan fingerprint density at radius 3 is 2.27 bits per heavy atom. The highest BCUT2D eigenvalue weighted by atomic mass is 35.5. The van der Waals surface area contributed by atoms with Crippen LogP contribution in [0.15, 0.2) is 78.9 Å². The Hall–Kier alpha value is -3.75. The van der Waals surface area contributed by atoms with Crippen molar-refractivity contribution in [2.75, 3.05) is 5.06 Å². The lowest BCUT2D eigenvalue weighted by molar-refractivity contribution is -0.384. The molecule has 0 aliphatic carbocycles. The molecule has 2 aliphatic heterocycles. The van der Waals surface area contributed by atoms with E-state index in [0.717, 1.165) is 5.56 Å². The van der Waals surface area contributed by atoms with Crippen molar-refractivity contribution in [3.63, 3.8) is 0 Å². The lowest BCUT2D eigenvalue weighted by atomic mass is 9.90. The Morgan fingerprint density at radius 2 is 1.61 bits per heavy atom. The molecule has 3 aromatic rings. The molecule has 0 unspecified atom stereocenters. The third kappa shape index (κ3) is 3.63. The van der Waals surface area contributed by atoms with Crippen molar-refractivity contribution < 1.29 is 19.3 Å². The summed E-state index contributed by atoms with van der Waals surface area (Å²) in [6, 6.07) is 21.9. The number of hydrogen-bond acceptors (Lipinski definition) is 6. The fourth-order valence-electron chi connectivity index (χ4n) is 4.38. The summed E-state index contributed by atoms with van der Waals surface area (Å²) < 4.78 is 0. The van der Waals surface area contributed by atoms with Gasteiger partial charge in [-0.05, 0) is 29.3 Å². The summed E-state index contributed by atoms with van der Waals surface area (Å²) in [6.07, 6.45) is -1.03. The van der Waals surface area contributed by atoms with Crippen LogP contribution >= 0.6 is 11.6 Å². The number of fused-ring (bicyclic) bond motifs is 1. The first-order valence-electron chi connectivity index (χ1n) is 10.3. The van der Waals surface area contributed by atoms with Crippen LogP contribution in [0.25, 0.3) is 0 Å². The standard InChI is InChI=1S/C24H18ClN3O5/c25-18-12-11-16(13-19(18)28(31)32)21-20-22(33-27(21)17-9-5-2-6-10-17)24(30)26(23(20)29)14-15-7-3-1-4-8-15/h1-13,20-22H,14H2/t20-,21-,22+/m1/s1. The van der Waals surface area contributed by atoms with Crippen molar-refractivity contribution in [2.45, 2.75) is 18.7 Å². The number of benzene rings is 3. The topological polar surface area (TPSA) is 93.0 Å². The number of nitro groups is 1. The molecule has 2 heterocycles. The van der Waals surface area contributed by atoms with Gasteiger partial charge < -0.3 is 0 Å². The Morgan fingerprint density at radius 1 is 0.939 bits per heavy atom. The molecule has 3 aromatic carbocycles. The van der Waals surface area contributed by atoms with E-state index in [1.54, 1.807) is 30.3 Å². The van der Waals surface area contributed by atoms with Gasteiger partial charge in [-0.15, -0.1) is 0 Å². The monoisotopic (exact) mass is 463 g/mol. The molecule has 5 rings (SSSR count). The van der Waals surface area contributed by atoms with Gasteiger partial charge >= 0.3 is 0 Å². The Labute approximate surface area is 194 Å². The van der Waals surface area contributed by atoms with Gasteiger partial charge in [-0.2, -0.15) is 0 Å². The Balaban J connectivity index is 1.56. The fraction of sp³-hybridized carbons (Fsp3) is 0.167. The van der Waals surface area contributed by atoms with Crippen molar-refractivity contribution in [3.8, 4) is 0 Å². The molecule has 0 spiro atoms. The summed E-state index contributed by atoms with van der Waals surface area (Å²) in [5, 5.41) is 13.0. The average Bonchev–Trinajstić information content (AvgIpc) is 3.33. The van der Waals surface area contributed by atoms with E-state index in [1.807, 2.05) is 36.4 Å². The Kier molecular flexibility index (Phi) is 5.32. The molecule has 3 atom stereocenters. The molecule has 2 amide bonds. The van der Waals surface area contributed by atoms with E-state index in [1.165, 1.54) is 22.1 Å². The van der Waals surface area contributed by atoms with Crippen molar-refractivity contribution in [1.82, 2.24) is 4.90 Å². The zero-order valence-corrected chi connectivity index (χ0v) is 18.0. The maximum atomic E-state index is 13.5. The van der Waals surface area contributed by atoms with Crippen LogP contribution in [0.3, 0.4) is 0 Å². The fourth-order valence-corrected chi connectivity index (χ4v) is 4.57. The zero-order chi connectivity index (χ0) is 23.1. The van der Waals surface area contributed by atoms with Crippen LogP contribution in [0.5, 0.6) is 0 Å². The summed E-state index contributed by atoms with van der Waals surface area (Å²) >= 11 is 6.01. The number of carbonyl (C=O) groups excluding carboxylic acids is 2. The third-order valence-corrected chi connectivity index (χ3v) is 6.23. The normalized spacial score (nSPS) is 22.0. The predicted octanol–water partition coefficient (Wildman–Crippen LogP) is 4.29. The largest absolute Gasteiger partial charge is 0.288 e. The first-order chi connectivity index (χ1) is 16.0. The molecule has 9 heteroatoms. The van der Waals surface area contributed by atoms with Gasteiger partial charge in [-0.25, -0.2) is 5.06 Å². The van der Waals surface area contributed by atoms with Crippen molar-refractivity contribution >= 4 is 34.8 Å². The minimum absolute atomic E-state index is 0.00925. The van der Waals surface area contributed by atoms with Crippen LogP contribution in [0.1, 0.15) is 17.2 Å². The molecule has 8 nitrogen and oxygen atoms in total. The van der Waals surface area contributed by atoms with Crippen molar-refractivity contribution in [3.05, 3.63) is 105 Å². The molecule has 2 fully saturated rings. The molecule has 166 valence electrons. The summed E-state index contributed by atoms with van der Waals surface area (Å²) in [4.78, 5) is 44.8. The molecule has 0 bridgehead atoms. The van der Waals surface area contributed by atoms with Crippen LogP contribution in [0, 0.1) is 16.0 Å². The van der Waals surface area contributed by atoms with Crippen LogP contribution in [0.4, 0.5) is 11.4 Å². The maximum absolute atomic E-state index is 13.5. The molecule has 0 aromatic heterocycles. The number of carbonyl (C=O) groups is 2. The highest BCUT2D eigenvalue weighted by Gasteiger charge is 2.59. The molecule has 2 saturated heterocycles. The number of nitrogens with zero attached hydrogens (tertiary/aromatic N) is 3. The minimum Gasteiger partial charge on any atom is -0.275 e. The van der Waals surface area contributed by atoms with E-state index in [-0.39, 0.29) is 23.2 Å². The van der Waals surface area contributed by atoms with Gasteiger partial charge in [0.25, 0.3) is 11.6 Å². The van der Waals surface area contributed by atoms with Gasteiger partial charge in [0, 0.05) is 6.07 Å². The van der Waals surface area contributed by atoms with Crippen LogP contribution in [-0.4, -0.2) is 27.7 Å². The second-order valence-electron chi connectivity index (χ2n) is 7.87. The average molecular weight is 464 g/mol. The smallest absolute Gasteiger partial charge is 0.275 e. The van der Waals surface area contributed by atoms with E-state index in [2.05, 4.69) is 0 Å². The second kappa shape index (κ2) is 8.31. The van der Waals surface area contributed by atoms with Crippen molar-refractivity contribution in [2.24, 2.45) is 5.92 Å². The predicted molar refractivity (Wildman–Crippen MR) is 120 cm³/mol. The highest BCUT2D eigenvalue weighted by Crippen LogP contribution is 2.47. The van der Waals surface area contributed by atoms with Crippen LogP contribution in [0.2, 0.25) is 5.02 Å². The molecular formula is C24H18ClN3O5. The summed E-state index contributed by atoms with van der Waals surface area (Å²) in [6.45, 7) is 0.133. The van der Waals surface area contributed by atoms with Gasteiger partial charge in [0.1, 0.15) is 10.9 Å². The molecular weight excluding hydrogens is 446 g/mol. The maximum Gasteiger partial charge on any atom is 0.288 e. The van der Waals surface area contributed by atoms with Gasteiger partial charge in [0.05, 0.1) is 23.2 Å². The molecule has 0 N–H and O–H groups in total. The number of hydrogen-bond donors (Lipinski definition) is 0. The van der Waals surface area contributed by atoms with Gasteiger partial charge in [-0.1, -0.05) is 66.2 Å². The first-order valence-corrected chi connectivity index (χ1v) is 10.7. The number of hydroxylamine groups is 1. The van der Waals surface area contributed by atoms with E-state index in [9.17, 15) is 19.7 Å². The van der Waals surface area contributed by atoms with Crippen LogP contribution < -0.4 is 5.06 Å². The summed E-state index contributed by atoms with van der Waals surface area (Å²) in [5.74, 6) is -1.67. The number of rotatable bonds is 5. The lowest BCUT2D eigenvalue weighted by Gasteiger charge is -2.28. The number of likely N-dealkylation sites (tertiary alicyclic amines) is 1. The molecule has 33 heavy (non-hydrogen) atoms. The van der Waals surface area contributed by atoms with Crippen molar-refractivity contribution in [1.29, 1.82) is 0 Å². The molecule has 2 aliphatic rings. The number of halogens is 1. The summed E-state index contributed by atoms with van der Waals surface area (Å²) in [5.41, 5.74) is 1.64. The quantitative estimate of drug-likeness (QED) is 0.318. The summed E-state index contributed by atoms with van der Waals surface area (Å²) in [7, 11) is 0. The van der Waals surface area contributed by atoms with Gasteiger partial charge in [0.15, 0.2) is 6.10 Å². The van der Waals surface area contributed by atoms with Gasteiger partial charge in [-0.3, -0.25) is 29.4 Å². The first kappa shape index (κ1) is 21.1. The van der Waals surface area contributed by atoms with E-state index in [4.69, 9.17) is 16.4 Å². The second-order valence-corrected chi connectivity index (χ2v) is 8.28. The van der Waals surface area contributed by atoms with Crippen LogP contribution in [-0.2, 0) is 21.0 Å². The number of para-hydroxylation sites is 1. The zero-order valence-electron chi connectivity index (χ0n) is 17.2. The lowest BCUT2D eigenvalue weighted by Crippen LogP contribution is -2.36. The number of nitro benzene ring substituents is 1. The number of anilines is 1. The molecule has 0 saturated carbocycles.